The topological polar surface area (TPSA) is 58.1 Å². The lowest BCUT2D eigenvalue weighted by Crippen LogP contribution is -2.28. The quantitative estimate of drug-likeness (QED) is 0.876. The lowest BCUT2D eigenvalue weighted by molar-refractivity contribution is -0.126. The molecule has 0 aromatic carbocycles. The lowest BCUT2D eigenvalue weighted by Gasteiger charge is -2.11. The molecular weight excluding hydrogens is 239 g/mol. The van der Waals surface area contributed by atoms with Gasteiger partial charge in [-0.2, -0.15) is 0 Å². The van der Waals surface area contributed by atoms with Gasteiger partial charge in [-0.05, 0) is 0 Å². The van der Waals surface area contributed by atoms with Crippen LogP contribution in [0.1, 0.15) is 0 Å². The average Bonchev–Trinajstić information content (AvgIpc) is 2.18. The highest BCUT2D eigenvalue weighted by Gasteiger charge is 2.07. The molecule has 0 aliphatic heterocycles. The summed E-state index contributed by atoms with van der Waals surface area (Å²) < 4.78 is 0. The van der Waals surface area contributed by atoms with E-state index < -0.39 is 0 Å². The number of rotatable bonds is 3. The maximum Gasteiger partial charge on any atom is 0.241 e. The summed E-state index contributed by atoms with van der Waals surface area (Å²) >= 11 is 11.4. The number of hydrogen-bond donors (Lipinski definition) is 1. The fourth-order valence-electron chi connectivity index (χ4n) is 0.806. The highest BCUT2D eigenvalue weighted by molar-refractivity contribution is 6.33. The summed E-state index contributed by atoms with van der Waals surface area (Å²) in [6.07, 6.45) is 0. The van der Waals surface area contributed by atoms with Gasteiger partial charge in [0.1, 0.15) is 0 Å². The first kappa shape index (κ1) is 12.0. The van der Waals surface area contributed by atoms with Crippen LogP contribution in [0.3, 0.4) is 0 Å². The molecule has 1 amide bonds. The molecule has 15 heavy (non-hydrogen) atoms. The maximum absolute atomic E-state index is 11.3. The van der Waals surface area contributed by atoms with Crippen molar-refractivity contribution in [3.05, 3.63) is 16.4 Å². The molecule has 0 aliphatic carbocycles. The van der Waals surface area contributed by atoms with E-state index in [9.17, 15) is 4.79 Å². The molecule has 0 saturated heterocycles. The first-order valence-electron chi connectivity index (χ1n) is 4.13. The van der Waals surface area contributed by atoms with Crippen molar-refractivity contribution in [2.45, 2.75) is 0 Å². The summed E-state index contributed by atoms with van der Waals surface area (Å²) in [6, 6.07) is 1.51. The second-order valence-electron chi connectivity index (χ2n) is 3.01. The third-order valence-corrected chi connectivity index (χ3v) is 2.11. The predicted octanol–water partition coefficient (Wildman–Crippen LogP) is 1.28. The Morgan fingerprint density at radius 1 is 1.47 bits per heavy atom. The summed E-state index contributed by atoms with van der Waals surface area (Å²) in [5.41, 5.74) is 0.492. The lowest BCUT2D eigenvalue weighted by atomic mass is 10.4. The van der Waals surface area contributed by atoms with E-state index in [0.29, 0.717) is 5.69 Å². The summed E-state index contributed by atoms with van der Waals surface area (Å²) in [5.74, 6) is -0.0704. The van der Waals surface area contributed by atoms with E-state index in [1.54, 1.807) is 14.1 Å². The number of halogens is 2. The maximum atomic E-state index is 11.3. The van der Waals surface area contributed by atoms with Crippen LogP contribution in [0.5, 0.6) is 0 Å². The van der Waals surface area contributed by atoms with E-state index in [2.05, 4.69) is 15.5 Å². The Kier molecular flexibility index (Phi) is 4.11. The van der Waals surface area contributed by atoms with Gasteiger partial charge < -0.3 is 10.2 Å². The molecule has 0 saturated carbocycles. The molecule has 7 heteroatoms. The second kappa shape index (κ2) is 5.14. The molecular formula is C8H10Cl2N4O. The van der Waals surface area contributed by atoms with E-state index in [4.69, 9.17) is 23.2 Å². The van der Waals surface area contributed by atoms with Gasteiger partial charge in [-0.3, -0.25) is 4.79 Å². The molecule has 0 radical (unpaired) electrons. The summed E-state index contributed by atoms with van der Waals surface area (Å²) in [7, 11) is 3.34. The molecule has 1 aromatic heterocycles. The van der Waals surface area contributed by atoms with Gasteiger partial charge in [-0.1, -0.05) is 23.2 Å². The van der Waals surface area contributed by atoms with Gasteiger partial charge in [0, 0.05) is 20.2 Å². The van der Waals surface area contributed by atoms with E-state index in [1.807, 2.05) is 0 Å². The van der Waals surface area contributed by atoms with Crippen LogP contribution in [0.2, 0.25) is 10.3 Å². The highest BCUT2D eigenvalue weighted by Crippen LogP contribution is 2.20. The minimum absolute atomic E-state index is 0.0704. The van der Waals surface area contributed by atoms with E-state index >= 15 is 0 Å². The van der Waals surface area contributed by atoms with Crippen LogP contribution < -0.4 is 5.32 Å². The number of hydrogen-bond acceptors (Lipinski definition) is 4. The largest absolute Gasteiger partial charge is 0.373 e. The van der Waals surface area contributed by atoms with E-state index in [-0.39, 0.29) is 22.8 Å². The van der Waals surface area contributed by atoms with Crippen molar-refractivity contribution in [2.75, 3.05) is 26.0 Å². The first-order chi connectivity index (χ1) is 7.00. The molecule has 5 nitrogen and oxygen atoms in total. The first-order valence-corrected chi connectivity index (χ1v) is 4.89. The van der Waals surface area contributed by atoms with Crippen molar-refractivity contribution in [2.24, 2.45) is 0 Å². The van der Waals surface area contributed by atoms with Crippen molar-refractivity contribution in [1.82, 2.24) is 15.1 Å². The summed E-state index contributed by atoms with van der Waals surface area (Å²) in [4.78, 5) is 12.7. The van der Waals surface area contributed by atoms with Crippen molar-refractivity contribution < 1.29 is 4.79 Å². The molecule has 0 atom stereocenters. The Balaban J connectivity index is 2.65. The van der Waals surface area contributed by atoms with Crippen LogP contribution in [0.4, 0.5) is 5.69 Å². The van der Waals surface area contributed by atoms with Crippen molar-refractivity contribution in [3.8, 4) is 0 Å². The highest BCUT2D eigenvalue weighted by atomic mass is 35.5. The molecule has 0 fully saturated rings. The van der Waals surface area contributed by atoms with E-state index in [0.717, 1.165) is 0 Å². The standard InChI is InChI=1S/C8H10Cl2N4O/c1-14(2)7(15)4-11-5-3-6(9)12-13-8(5)10/h3H,4H2,1-2H3,(H,11,12). The molecule has 1 heterocycles. The minimum atomic E-state index is -0.0704. The van der Waals surface area contributed by atoms with Gasteiger partial charge in [0.05, 0.1) is 12.2 Å². The number of aromatic nitrogens is 2. The van der Waals surface area contributed by atoms with Gasteiger partial charge in [0.15, 0.2) is 10.3 Å². The molecule has 0 bridgehead atoms. The third kappa shape index (κ3) is 3.53. The van der Waals surface area contributed by atoms with Crippen LogP contribution in [0, 0.1) is 0 Å². The zero-order chi connectivity index (χ0) is 11.4. The number of carbonyl (C=O) groups is 1. The number of anilines is 1. The van der Waals surface area contributed by atoms with Crippen molar-refractivity contribution >= 4 is 34.8 Å². The molecule has 0 aliphatic rings. The zero-order valence-electron chi connectivity index (χ0n) is 8.29. The smallest absolute Gasteiger partial charge is 0.241 e. The summed E-state index contributed by atoms with van der Waals surface area (Å²) in [6.45, 7) is 0.134. The van der Waals surface area contributed by atoms with Crippen LogP contribution in [0.25, 0.3) is 0 Å². The van der Waals surface area contributed by atoms with Gasteiger partial charge >= 0.3 is 0 Å². The second-order valence-corrected chi connectivity index (χ2v) is 3.76. The van der Waals surface area contributed by atoms with Gasteiger partial charge in [0.2, 0.25) is 5.91 Å². The zero-order valence-corrected chi connectivity index (χ0v) is 9.80. The van der Waals surface area contributed by atoms with Crippen LogP contribution in [0.15, 0.2) is 6.07 Å². The monoisotopic (exact) mass is 248 g/mol. The Bertz CT molecular complexity index is 370. The average molecular weight is 249 g/mol. The van der Waals surface area contributed by atoms with Crippen molar-refractivity contribution in [3.63, 3.8) is 0 Å². The number of nitrogens with zero attached hydrogens (tertiary/aromatic N) is 3. The Hall–Kier alpha value is -1.07. The molecule has 0 spiro atoms. The van der Waals surface area contributed by atoms with Gasteiger partial charge in [-0.15, -0.1) is 10.2 Å². The number of carbonyl (C=O) groups excluding carboxylic acids is 1. The number of likely N-dealkylation sites (N-methyl/N-ethyl adjacent to an activating group) is 1. The van der Waals surface area contributed by atoms with Gasteiger partial charge in [-0.25, -0.2) is 0 Å². The van der Waals surface area contributed by atoms with E-state index in [1.165, 1.54) is 11.0 Å². The molecule has 82 valence electrons. The SMILES string of the molecule is CN(C)C(=O)CNc1cc(Cl)nnc1Cl. The molecule has 0 unspecified atom stereocenters. The van der Waals surface area contributed by atoms with Crippen LogP contribution in [-0.4, -0.2) is 41.6 Å². The Morgan fingerprint density at radius 3 is 2.73 bits per heavy atom. The summed E-state index contributed by atoms with van der Waals surface area (Å²) in [5, 5.41) is 10.4. The normalized spacial score (nSPS) is 9.87. The molecule has 1 rings (SSSR count). The Morgan fingerprint density at radius 2 is 2.13 bits per heavy atom. The molecule has 1 N–H and O–H groups in total. The predicted molar refractivity (Wildman–Crippen MR) is 59.2 cm³/mol. The van der Waals surface area contributed by atoms with Crippen LogP contribution in [-0.2, 0) is 4.79 Å². The fraction of sp³-hybridized carbons (Fsp3) is 0.375. The number of nitrogens with one attached hydrogen (secondary N) is 1. The van der Waals surface area contributed by atoms with Crippen LogP contribution >= 0.6 is 23.2 Å². The minimum Gasteiger partial charge on any atom is -0.373 e. The Labute approximate surface area is 97.4 Å². The third-order valence-electron chi connectivity index (χ3n) is 1.65. The molecule has 1 aromatic rings. The van der Waals surface area contributed by atoms with Gasteiger partial charge in [0.25, 0.3) is 0 Å². The fourth-order valence-corrected chi connectivity index (χ4v) is 1.11. The van der Waals surface area contributed by atoms with Crippen molar-refractivity contribution in [1.29, 1.82) is 0 Å². The number of amides is 1.